The van der Waals surface area contributed by atoms with Gasteiger partial charge in [-0.05, 0) is 25.1 Å². The zero-order chi connectivity index (χ0) is 10.6. The number of nitrogens with zero attached hydrogens (tertiary/aromatic N) is 1. The predicted molar refractivity (Wildman–Crippen MR) is 55.3 cm³/mol. The largest absolute Gasteiger partial charge is 0.492 e. The lowest BCUT2D eigenvalue weighted by Gasteiger charge is -2.08. The molecule has 0 aliphatic rings. The molecule has 3 nitrogen and oxygen atoms in total. The lowest BCUT2D eigenvalue weighted by Crippen LogP contribution is -2.23. The summed E-state index contributed by atoms with van der Waals surface area (Å²) in [4.78, 5) is 0. The molecule has 1 aromatic rings. The van der Waals surface area contributed by atoms with E-state index in [1.807, 2.05) is 13.0 Å². The Labute approximate surface area is 88.0 Å². The number of ether oxygens (including phenoxy) is 1. The number of rotatable bonds is 3. The summed E-state index contributed by atoms with van der Waals surface area (Å²) in [6.45, 7) is 2.27. The van der Waals surface area contributed by atoms with Crippen LogP contribution in [0.5, 0.6) is 5.75 Å². The van der Waals surface area contributed by atoms with Crippen LogP contribution in [0.1, 0.15) is 12.5 Å². The fraction of sp³-hybridized carbons (Fsp3) is 0.300. The maximum atomic E-state index is 8.71. The van der Waals surface area contributed by atoms with E-state index in [1.54, 1.807) is 18.2 Å². The maximum absolute atomic E-state index is 8.71. The Morgan fingerprint density at radius 2 is 2.36 bits per heavy atom. The molecule has 0 aliphatic heterocycles. The van der Waals surface area contributed by atoms with Gasteiger partial charge in [-0.1, -0.05) is 11.6 Å². The molecular formula is C10H11ClN2O. The summed E-state index contributed by atoms with van der Waals surface area (Å²) in [5, 5.41) is 9.14. The van der Waals surface area contributed by atoms with E-state index in [-0.39, 0.29) is 6.04 Å². The third-order valence-electron chi connectivity index (χ3n) is 1.57. The van der Waals surface area contributed by atoms with Gasteiger partial charge >= 0.3 is 0 Å². The molecule has 1 aromatic carbocycles. The van der Waals surface area contributed by atoms with Gasteiger partial charge in [-0.3, -0.25) is 0 Å². The smallest absolute Gasteiger partial charge is 0.120 e. The molecule has 0 spiro atoms. The molecule has 0 saturated heterocycles. The van der Waals surface area contributed by atoms with Crippen LogP contribution >= 0.6 is 11.6 Å². The van der Waals surface area contributed by atoms with Crippen molar-refractivity contribution >= 4 is 11.6 Å². The predicted octanol–water partition coefficient (Wildman–Crippen LogP) is 1.94. The summed E-state index contributed by atoms with van der Waals surface area (Å²) >= 11 is 5.76. The molecule has 0 aromatic heterocycles. The first kappa shape index (κ1) is 10.8. The highest BCUT2D eigenvalue weighted by Gasteiger charge is 2.02. The van der Waals surface area contributed by atoms with Crippen LogP contribution < -0.4 is 10.5 Å². The monoisotopic (exact) mass is 210 g/mol. The summed E-state index contributed by atoms with van der Waals surface area (Å²) in [5.41, 5.74) is 5.94. The van der Waals surface area contributed by atoms with E-state index >= 15 is 0 Å². The summed E-state index contributed by atoms with van der Waals surface area (Å²) in [6, 6.07) is 6.90. The van der Waals surface area contributed by atoms with Gasteiger partial charge in [0.15, 0.2) is 0 Å². The third kappa shape index (κ3) is 2.91. The average molecular weight is 211 g/mol. The third-order valence-corrected chi connectivity index (χ3v) is 1.90. The average Bonchev–Trinajstić information content (AvgIpc) is 2.16. The Bertz CT molecular complexity index is 358. The zero-order valence-corrected chi connectivity index (χ0v) is 8.58. The van der Waals surface area contributed by atoms with Crippen LogP contribution in [-0.4, -0.2) is 12.6 Å². The minimum atomic E-state index is -0.0313. The van der Waals surface area contributed by atoms with E-state index in [1.165, 1.54) is 0 Å². The molecule has 0 unspecified atom stereocenters. The standard InChI is InChI=1S/C10H11ClN2O/c1-7(13)6-14-9-2-3-10(11)8(4-9)5-12/h2-4,7H,6,13H2,1H3/t7-/m0/s1. The van der Waals surface area contributed by atoms with E-state index in [9.17, 15) is 0 Å². The molecule has 0 radical (unpaired) electrons. The van der Waals surface area contributed by atoms with Crippen molar-refractivity contribution in [2.75, 3.05) is 6.61 Å². The van der Waals surface area contributed by atoms with Crippen LogP contribution in [0.4, 0.5) is 0 Å². The van der Waals surface area contributed by atoms with Crippen molar-refractivity contribution in [1.82, 2.24) is 0 Å². The van der Waals surface area contributed by atoms with Crippen LogP contribution in [0.25, 0.3) is 0 Å². The number of hydrogen-bond acceptors (Lipinski definition) is 3. The van der Waals surface area contributed by atoms with Gasteiger partial charge in [-0.25, -0.2) is 0 Å². The van der Waals surface area contributed by atoms with E-state index in [4.69, 9.17) is 27.3 Å². The molecule has 1 atom stereocenters. The molecule has 14 heavy (non-hydrogen) atoms. The number of benzene rings is 1. The molecular weight excluding hydrogens is 200 g/mol. The van der Waals surface area contributed by atoms with Crippen LogP contribution in [0, 0.1) is 11.3 Å². The van der Waals surface area contributed by atoms with Crippen LogP contribution in [-0.2, 0) is 0 Å². The van der Waals surface area contributed by atoms with Crippen LogP contribution in [0.3, 0.4) is 0 Å². The Morgan fingerprint density at radius 3 is 2.93 bits per heavy atom. The van der Waals surface area contributed by atoms with E-state index < -0.39 is 0 Å². The quantitative estimate of drug-likeness (QED) is 0.830. The Morgan fingerprint density at radius 1 is 1.64 bits per heavy atom. The number of nitrogens with two attached hydrogens (primary N) is 1. The van der Waals surface area contributed by atoms with E-state index in [0.29, 0.717) is 22.9 Å². The minimum absolute atomic E-state index is 0.0313. The highest BCUT2D eigenvalue weighted by Crippen LogP contribution is 2.21. The van der Waals surface area contributed by atoms with Crippen LogP contribution in [0.15, 0.2) is 18.2 Å². The van der Waals surface area contributed by atoms with Crippen molar-refractivity contribution in [3.63, 3.8) is 0 Å². The molecule has 0 bridgehead atoms. The highest BCUT2D eigenvalue weighted by atomic mass is 35.5. The lowest BCUT2D eigenvalue weighted by molar-refractivity contribution is 0.296. The Kier molecular flexibility index (Phi) is 3.75. The molecule has 2 N–H and O–H groups in total. The minimum Gasteiger partial charge on any atom is -0.492 e. The second-order valence-corrected chi connectivity index (χ2v) is 3.45. The van der Waals surface area contributed by atoms with Crippen molar-refractivity contribution in [2.45, 2.75) is 13.0 Å². The van der Waals surface area contributed by atoms with E-state index in [0.717, 1.165) is 0 Å². The molecule has 74 valence electrons. The van der Waals surface area contributed by atoms with Gasteiger partial charge in [-0.15, -0.1) is 0 Å². The second-order valence-electron chi connectivity index (χ2n) is 3.04. The number of halogens is 1. The fourth-order valence-electron chi connectivity index (χ4n) is 0.908. The summed E-state index contributed by atoms with van der Waals surface area (Å²) in [6.07, 6.45) is 0. The molecule has 0 saturated carbocycles. The molecule has 1 rings (SSSR count). The SMILES string of the molecule is C[C@H](N)COc1ccc(Cl)c(C#N)c1. The first-order chi connectivity index (χ1) is 6.63. The zero-order valence-electron chi connectivity index (χ0n) is 7.83. The molecule has 0 amide bonds. The molecule has 0 aliphatic carbocycles. The maximum Gasteiger partial charge on any atom is 0.120 e. The number of nitriles is 1. The summed E-state index contributed by atoms with van der Waals surface area (Å²) < 4.78 is 5.33. The van der Waals surface area contributed by atoms with Crippen molar-refractivity contribution in [3.05, 3.63) is 28.8 Å². The summed E-state index contributed by atoms with van der Waals surface area (Å²) in [5.74, 6) is 0.614. The topological polar surface area (TPSA) is 59.0 Å². The van der Waals surface area contributed by atoms with Gasteiger partial charge in [0.1, 0.15) is 18.4 Å². The first-order valence-corrected chi connectivity index (χ1v) is 4.59. The van der Waals surface area contributed by atoms with Crippen molar-refractivity contribution < 1.29 is 4.74 Å². The summed E-state index contributed by atoms with van der Waals surface area (Å²) in [7, 11) is 0. The van der Waals surface area contributed by atoms with Crippen molar-refractivity contribution in [3.8, 4) is 11.8 Å². The highest BCUT2D eigenvalue weighted by molar-refractivity contribution is 6.31. The first-order valence-electron chi connectivity index (χ1n) is 4.21. The van der Waals surface area contributed by atoms with Gasteiger partial charge in [0.25, 0.3) is 0 Å². The normalized spacial score (nSPS) is 11.9. The molecule has 0 fully saturated rings. The van der Waals surface area contributed by atoms with E-state index in [2.05, 4.69) is 0 Å². The fourth-order valence-corrected chi connectivity index (χ4v) is 1.07. The van der Waals surface area contributed by atoms with Gasteiger partial charge in [0.2, 0.25) is 0 Å². The van der Waals surface area contributed by atoms with Gasteiger partial charge in [0.05, 0.1) is 10.6 Å². The van der Waals surface area contributed by atoms with Gasteiger partial charge < -0.3 is 10.5 Å². The lowest BCUT2D eigenvalue weighted by atomic mass is 10.2. The molecule has 4 heteroatoms. The van der Waals surface area contributed by atoms with Crippen LogP contribution in [0.2, 0.25) is 5.02 Å². The molecule has 0 heterocycles. The van der Waals surface area contributed by atoms with Crippen molar-refractivity contribution in [2.24, 2.45) is 5.73 Å². The Hall–Kier alpha value is -1.24. The number of hydrogen-bond donors (Lipinski definition) is 1. The van der Waals surface area contributed by atoms with Crippen molar-refractivity contribution in [1.29, 1.82) is 5.26 Å². The van der Waals surface area contributed by atoms with Gasteiger partial charge in [-0.2, -0.15) is 5.26 Å². The van der Waals surface area contributed by atoms with Gasteiger partial charge in [0, 0.05) is 6.04 Å². The Balaban J connectivity index is 2.76. The second kappa shape index (κ2) is 4.85.